The van der Waals surface area contributed by atoms with Gasteiger partial charge in [0.1, 0.15) is 19.3 Å². The first-order chi connectivity index (χ1) is 13.0. The summed E-state index contributed by atoms with van der Waals surface area (Å²) in [4.78, 5) is 24.4. The Balaban J connectivity index is 1.63. The molecule has 4 N–H and O–H groups in total. The largest absolute Gasteiger partial charge is 0.486 e. The number of nitrogens with two attached hydrogens (primary N) is 1. The first-order valence-electron chi connectivity index (χ1n) is 8.50. The molecular formula is C19H21N3O4S. The Labute approximate surface area is 161 Å². The van der Waals surface area contributed by atoms with E-state index in [0.29, 0.717) is 30.4 Å². The number of para-hydroxylation sites is 1. The topological polar surface area (TPSA) is 103 Å². The highest BCUT2D eigenvalue weighted by atomic mass is 32.2. The van der Waals surface area contributed by atoms with E-state index in [4.69, 9.17) is 15.2 Å². The molecule has 2 aromatic carbocycles. The van der Waals surface area contributed by atoms with Crippen molar-refractivity contribution in [2.24, 2.45) is 5.73 Å². The molecule has 27 heavy (non-hydrogen) atoms. The number of anilines is 2. The zero-order valence-electron chi connectivity index (χ0n) is 14.9. The fourth-order valence-corrected chi connectivity index (χ4v) is 3.29. The lowest BCUT2D eigenvalue weighted by atomic mass is 10.2. The molecule has 3 rings (SSSR count). The molecule has 0 spiro atoms. The van der Waals surface area contributed by atoms with Crippen LogP contribution in [0.3, 0.4) is 0 Å². The lowest BCUT2D eigenvalue weighted by Gasteiger charge is -2.20. The third-order valence-electron chi connectivity index (χ3n) is 3.83. The highest BCUT2D eigenvalue weighted by molar-refractivity contribution is 8.00. The van der Waals surface area contributed by atoms with Gasteiger partial charge in [-0.3, -0.25) is 9.59 Å². The number of amides is 2. The SMILES string of the molecule is C[C@@H](Nc1ccccc1SCC(N)=O)C(=O)Nc1ccc2c(c1)OCCO2. The molecule has 0 bridgehead atoms. The number of nitrogens with one attached hydrogen (secondary N) is 2. The van der Waals surface area contributed by atoms with Crippen LogP contribution < -0.4 is 25.8 Å². The summed E-state index contributed by atoms with van der Waals surface area (Å²) in [6, 6.07) is 12.3. The molecule has 0 unspecified atom stereocenters. The van der Waals surface area contributed by atoms with E-state index >= 15 is 0 Å². The fraction of sp³-hybridized carbons (Fsp3) is 0.263. The highest BCUT2D eigenvalue weighted by Crippen LogP contribution is 2.32. The summed E-state index contributed by atoms with van der Waals surface area (Å²) in [6.45, 7) is 2.78. The minimum atomic E-state index is -0.492. The van der Waals surface area contributed by atoms with Crippen LogP contribution in [-0.4, -0.2) is 36.8 Å². The molecule has 0 aliphatic carbocycles. The van der Waals surface area contributed by atoms with Gasteiger partial charge >= 0.3 is 0 Å². The van der Waals surface area contributed by atoms with Crippen molar-refractivity contribution in [3.8, 4) is 11.5 Å². The van der Waals surface area contributed by atoms with Crippen molar-refractivity contribution in [1.29, 1.82) is 0 Å². The third kappa shape index (κ3) is 5.07. The van der Waals surface area contributed by atoms with Crippen LogP contribution in [-0.2, 0) is 9.59 Å². The predicted octanol–water partition coefficient (Wildman–Crippen LogP) is 2.47. The maximum Gasteiger partial charge on any atom is 0.246 e. The van der Waals surface area contributed by atoms with Crippen molar-refractivity contribution in [3.05, 3.63) is 42.5 Å². The Morgan fingerprint density at radius 3 is 2.67 bits per heavy atom. The summed E-state index contributed by atoms with van der Waals surface area (Å²) in [5, 5.41) is 6.04. The summed E-state index contributed by atoms with van der Waals surface area (Å²) in [7, 11) is 0. The number of carbonyl (C=O) groups is 2. The number of ether oxygens (including phenoxy) is 2. The smallest absolute Gasteiger partial charge is 0.246 e. The Morgan fingerprint density at radius 1 is 1.15 bits per heavy atom. The van der Waals surface area contributed by atoms with Gasteiger partial charge in [-0.15, -0.1) is 11.8 Å². The molecule has 0 fully saturated rings. The number of primary amides is 1. The van der Waals surface area contributed by atoms with Gasteiger partial charge in [-0.25, -0.2) is 0 Å². The van der Waals surface area contributed by atoms with E-state index in [1.807, 2.05) is 24.3 Å². The Hall–Kier alpha value is -2.87. The lowest BCUT2D eigenvalue weighted by Crippen LogP contribution is -2.32. The summed E-state index contributed by atoms with van der Waals surface area (Å²) < 4.78 is 11.0. The fourth-order valence-electron chi connectivity index (χ4n) is 2.53. The van der Waals surface area contributed by atoms with E-state index in [1.54, 1.807) is 25.1 Å². The number of carbonyl (C=O) groups excluding carboxylic acids is 2. The van der Waals surface area contributed by atoms with Crippen molar-refractivity contribution in [3.63, 3.8) is 0 Å². The van der Waals surface area contributed by atoms with Gasteiger partial charge in [0, 0.05) is 22.3 Å². The van der Waals surface area contributed by atoms with Crippen molar-refractivity contribution in [1.82, 2.24) is 0 Å². The van der Waals surface area contributed by atoms with E-state index in [1.165, 1.54) is 11.8 Å². The second-order valence-corrected chi connectivity index (χ2v) is 6.98. The quantitative estimate of drug-likeness (QED) is 0.631. The van der Waals surface area contributed by atoms with E-state index in [0.717, 1.165) is 10.6 Å². The third-order valence-corrected chi connectivity index (χ3v) is 4.93. The summed E-state index contributed by atoms with van der Waals surface area (Å²) in [6.07, 6.45) is 0. The van der Waals surface area contributed by atoms with E-state index in [9.17, 15) is 9.59 Å². The Morgan fingerprint density at radius 2 is 1.89 bits per heavy atom. The standard InChI is InChI=1S/C19H21N3O4S/c1-12(21-14-4-2-3-5-17(14)27-11-18(20)23)19(24)22-13-6-7-15-16(10-13)26-9-8-25-15/h2-7,10,12,21H,8-9,11H2,1H3,(H2,20,23)(H,22,24)/t12-/m1/s1. The Bertz CT molecular complexity index is 843. The average molecular weight is 387 g/mol. The van der Waals surface area contributed by atoms with Gasteiger partial charge < -0.3 is 25.8 Å². The molecule has 0 saturated heterocycles. The van der Waals surface area contributed by atoms with Crippen LogP contribution in [0, 0.1) is 0 Å². The van der Waals surface area contributed by atoms with E-state index in [2.05, 4.69) is 10.6 Å². The summed E-state index contributed by atoms with van der Waals surface area (Å²) >= 11 is 1.33. The normalized spacial score (nSPS) is 13.5. The second kappa shape index (κ2) is 8.68. The summed E-state index contributed by atoms with van der Waals surface area (Å²) in [5.74, 6) is 0.885. The van der Waals surface area contributed by atoms with Gasteiger partial charge in [-0.05, 0) is 31.2 Å². The van der Waals surface area contributed by atoms with Crippen LogP contribution in [0.4, 0.5) is 11.4 Å². The average Bonchev–Trinajstić information content (AvgIpc) is 2.67. The summed E-state index contributed by atoms with van der Waals surface area (Å²) in [5.41, 5.74) is 6.62. The molecule has 0 aromatic heterocycles. The number of thioether (sulfide) groups is 1. The van der Waals surface area contributed by atoms with Gasteiger partial charge in [0.2, 0.25) is 11.8 Å². The maximum atomic E-state index is 12.5. The lowest BCUT2D eigenvalue weighted by molar-refractivity contribution is -0.117. The van der Waals surface area contributed by atoms with Crippen molar-refractivity contribution >= 4 is 35.0 Å². The molecule has 7 nitrogen and oxygen atoms in total. The van der Waals surface area contributed by atoms with Crippen molar-refractivity contribution in [2.45, 2.75) is 17.9 Å². The first kappa shape index (κ1) is 18.9. The second-order valence-electron chi connectivity index (χ2n) is 5.96. The van der Waals surface area contributed by atoms with Crippen LogP contribution in [0.2, 0.25) is 0 Å². The monoisotopic (exact) mass is 387 g/mol. The molecule has 2 amide bonds. The number of rotatable bonds is 7. The molecule has 2 aromatic rings. The number of hydrogen-bond donors (Lipinski definition) is 3. The number of benzene rings is 2. The predicted molar refractivity (Wildman–Crippen MR) is 106 cm³/mol. The van der Waals surface area contributed by atoms with Crippen LogP contribution in [0.5, 0.6) is 11.5 Å². The van der Waals surface area contributed by atoms with Crippen LogP contribution in [0.1, 0.15) is 6.92 Å². The molecule has 8 heteroatoms. The van der Waals surface area contributed by atoms with Gasteiger partial charge in [0.15, 0.2) is 11.5 Å². The molecule has 1 atom stereocenters. The van der Waals surface area contributed by atoms with E-state index in [-0.39, 0.29) is 17.6 Å². The van der Waals surface area contributed by atoms with Gasteiger partial charge in [-0.2, -0.15) is 0 Å². The first-order valence-corrected chi connectivity index (χ1v) is 9.48. The van der Waals surface area contributed by atoms with Gasteiger partial charge in [0.25, 0.3) is 0 Å². The zero-order valence-corrected chi connectivity index (χ0v) is 15.7. The maximum absolute atomic E-state index is 12.5. The molecule has 142 valence electrons. The molecule has 1 aliphatic rings. The molecule has 0 saturated carbocycles. The number of fused-ring (bicyclic) bond motifs is 1. The minimum absolute atomic E-state index is 0.177. The number of hydrogen-bond acceptors (Lipinski definition) is 6. The highest BCUT2D eigenvalue weighted by Gasteiger charge is 2.17. The van der Waals surface area contributed by atoms with Crippen molar-refractivity contribution in [2.75, 3.05) is 29.6 Å². The van der Waals surface area contributed by atoms with E-state index < -0.39 is 6.04 Å². The zero-order chi connectivity index (χ0) is 19.2. The molecule has 1 aliphatic heterocycles. The van der Waals surface area contributed by atoms with Crippen molar-refractivity contribution < 1.29 is 19.1 Å². The molecule has 1 heterocycles. The van der Waals surface area contributed by atoms with Gasteiger partial charge in [-0.1, -0.05) is 12.1 Å². The van der Waals surface area contributed by atoms with Crippen LogP contribution in [0.25, 0.3) is 0 Å². The van der Waals surface area contributed by atoms with Gasteiger partial charge in [0.05, 0.1) is 5.75 Å². The minimum Gasteiger partial charge on any atom is -0.486 e. The van der Waals surface area contributed by atoms with Crippen LogP contribution in [0.15, 0.2) is 47.4 Å². The molecule has 0 radical (unpaired) electrons. The molecular weight excluding hydrogens is 366 g/mol. The van der Waals surface area contributed by atoms with Crippen LogP contribution >= 0.6 is 11.8 Å². The Kier molecular flexibility index (Phi) is 6.08.